The van der Waals surface area contributed by atoms with Crippen molar-refractivity contribution in [3.63, 3.8) is 0 Å². The Labute approximate surface area is 189 Å². The van der Waals surface area contributed by atoms with Crippen LogP contribution in [0.15, 0.2) is 42.5 Å². The van der Waals surface area contributed by atoms with Crippen molar-refractivity contribution in [2.45, 2.75) is 25.7 Å². The summed E-state index contributed by atoms with van der Waals surface area (Å²) in [7, 11) is 1.57. The molecule has 0 radical (unpaired) electrons. The minimum Gasteiger partial charge on any atom is -0.497 e. The number of anilines is 2. The molecule has 2 aliphatic heterocycles. The van der Waals surface area contributed by atoms with Crippen molar-refractivity contribution in [1.82, 2.24) is 4.90 Å². The third-order valence-corrected chi connectivity index (χ3v) is 6.41. The maximum atomic E-state index is 12.6. The summed E-state index contributed by atoms with van der Waals surface area (Å²) in [4.78, 5) is 29.3. The van der Waals surface area contributed by atoms with Crippen molar-refractivity contribution in [2.24, 2.45) is 5.92 Å². The summed E-state index contributed by atoms with van der Waals surface area (Å²) in [6.45, 7) is 5.18. The van der Waals surface area contributed by atoms with Crippen LogP contribution >= 0.6 is 0 Å². The van der Waals surface area contributed by atoms with E-state index in [9.17, 15) is 14.7 Å². The molecule has 2 N–H and O–H groups in total. The summed E-state index contributed by atoms with van der Waals surface area (Å²) in [5.74, 6) is -0.0517. The first-order valence-corrected chi connectivity index (χ1v) is 11.3. The Hall–Kier alpha value is -3.06. The van der Waals surface area contributed by atoms with Gasteiger partial charge in [0.25, 0.3) is 5.91 Å². The van der Waals surface area contributed by atoms with Crippen molar-refractivity contribution >= 4 is 23.3 Å². The van der Waals surface area contributed by atoms with Gasteiger partial charge >= 0.3 is 5.97 Å². The Morgan fingerprint density at radius 1 is 1.06 bits per heavy atom. The molecule has 1 amide bonds. The minimum absolute atomic E-state index is 0.222. The minimum atomic E-state index is -0.984. The van der Waals surface area contributed by atoms with Gasteiger partial charge in [-0.2, -0.15) is 0 Å². The summed E-state index contributed by atoms with van der Waals surface area (Å²) in [6.07, 6.45) is 4.81. The summed E-state index contributed by atoms with van der Waals surface area (Å²) in [6, 6.07) is 12.0. The number of carbonyl (C=O) groups is 2. The zero-order chi connectivity index (χ0) is 22.5. The molecule has 4 rings (SSSR count). The lowest BCUT2D eigenvalue weighted by atomic mass is 9.96. The van der Waals surface area contributed by atoms with E-state index in [-0.39, 0.29) is 11.5 Å². The summed E-state index contributed by atoms with van der Waals surface area (Å²) in [5.41, 5.74) is 1.90. The van der Waals surface area contributed by atoms with Gasteiger partial charge in [0.15, 0.2) is 0 Å². The number of methoxy groups -OCH3 is 1. The fourth-order valence-electron chi connectivity index (χ4n) is 4.77. The number of likely N-dealkylation sites (tertiary alicyclic amines) is 1. The van der Waals surface area contributed by atoms with Gasteiger partial charge in [0.2, 0.25) is 0 Å². The highest BCUT2D eigenvalue weighted by molar-refractivity contribution is 6.05. The zero-order valence-electron chi connectivity index (χ0n) is 18.5. The maximum Gasteiger partial charge on any atom is 0.337 e. The number of ether oxygens (including phenoxy) is 1. The molecule has 170 valence electrons. The number of rotatable bonds is 7. The standard InChI is InChI=1S/C25H31N3O4/c1-32-21-9-6-19(7-10-21)24(29)26-20-8-11-23(22(15-20)25(30)31)28-14-4-5-18(17-28)16-27-12-2-3-13-27/h6-11,15,18H,2-5,12-14,16-17H2,1H3,(H,26,29)(H,30,31)/t18-/m0/s1. The molecular formula is C25H31N3O4. The van der Waals surface area contributed by atoms with Crippen LogP contribution in [0, 0.1) is 5.92 Å². The number of benzene rings is 2. The van der Waals surface area contributed by atoms with Crippen molar-refractivity contribution in [2.75, 3.05) is 50.1 Å². The first-order valence-electron chi connectivity index (χ1n) is 11.3. The molecule has 7 heteroatoms. The second kappa shape index (κ2) is 10.0. The van der Waals surface area contributed by atoms with Crippen molar-refractivity contribution in [1.29, 1.82) is 0 Å². The van der Waals surface area contributed by atoms with Gasteiger partial charge in [-0.3, -0.25) is 4.79 Å². The number of nitrogens with zero attached hydrogens (tertiary/aromatic N) is 2. The zero-order valence-corrected chi connectivity index (χ0v) is 18.5. The predicted molar refractivity (Wildman–Crippen MR) is 125 cm³/mol. The maximum absolute atomic E-state index is 12.6. The Bertz CT molecular complexity index is 954. The van der Waals surface area contributed by atoms with Gasteiger partial charge in [-0.25, -0.2) is 4.79 Å². The normalized spacial score (nSPS) is 19.0. The van der Waals surface area contributed by atoms with E-state index in [2.05, 4.69) is 15.1 Å². The van der Waals surface area contributed by atoms with Crippen LogP contribution in [0.4, 0.5) is 11.4 Å². The van der Waals surface area contributed by atoms with Gasteiger partial charge < -0.3 is 25.0 Å². The lowest BCUT2D eigenvalue weighted by Crippen LogP contribution is -2.41. The smallest absolute Gasteiger partial charge is 0.337 e. The molecule has 0 aromatic heterocycles. The van der Waals surface area contributed by atoms with E-state index in [1.54, 1.807) is 43.5 Å². The quantitative estimate of drug-likeness (QED) is 0.682. The fourth-order valence-corrected chi connectivity index (χ4v) is 4.77. The average molecular weight is 438 g/mol. The Morgan fingerprint density at radius 2 is 1.81 bits per heavy atom. The van der Waals surface area contributed by atoms with E-state index in [0.29, 0.717) is 22.9 Å². The van der Waals surface area contributed by atoms with Crippen LogP contribution in [0.25, 0.3) is 0 Å². The van der Waals surface area contributed by atoms with Crippen LogP contribution in [0.3, 0.4) is 0 Å². The second-order valence-electron chi connectivity index (χ2n) is 8.68. The van der Waals surface area contributed by atoms with E-state index in [1.165, 1.54) is 32.4 Å². The largest absolute Gasteiger partial charge is 0.497 e. The highest BCUT2D eigenvalue weighted by Crippen LogP contribution is 2.30. The van der Waals surface area contributed by atoms with Gasteiger partial charge in [0, 0.05) is 30.9 Å². The van der Waals surface area contributed by atoms with Crippen LogP contribution in [0.5, 0.6) is 5.75 Å². The number of amides is 1. The topological polar surface area (TPSA) is 82.1 Å². The van der Waals surface area contributed by atoms with Crippen LogP contribution in [-0.2, 0) is 0 Å². The molecule has 2 aromatic carbocycles. The van der Waals surface area contributed by atoms with Crippen LogP contribution in [0.2, 0.25) is 0 Å². The number of hydrogen-bond donors (Lipinski definition) is 2. The molecule has 0 aliphatic carbocycles. The number of nitrogens with one attached hydrogen (secondary N) is 1. The number of carbonyl (C=O) groups excluding carboxylic acids is 1. The van der Waals surface area contributed by atoms with Gasteiger partial charge in [0.1, 0.15) is 5.75 Å². The van der Waals surface area contributed by atoms with Crippen LogP contribution in [-0.4, -0.2) is 61.7 Å². The highest BCUT2D eigenvalue weighted by Gasteiger charge is 2.26. The molecule has 0 saturated carbocycles. The van der Waals surface area contributed by atoms with Crippen molar-refractivity contribution < 1.29 is 19.4 Å². The van der Waals surface area contributed by atoms with Crippen LogP contribution in [0.1, 0.15) is 46.4 Å². The van der Waals surface area contributed by atoms with E-state index in [1.807, 2.05) is 6.07 Å². The number of carboxylic acids is 1. The first-order chi connectivity index (χ1) is 15.5. The molecule has 1 atom stereocenters. The van der Waals surface area contributed by atoms with E-state index < -0.39 is 5.97 Å². The molecule has 0 bridgehead atoms. The molecule has 7 nitrogen and oxygen atoms in total. The molecule has 2 aliphatic rings. The van der Waals surface area contributed by atoms with Gasteiger partial charge in [-0.15, -0.1) is 0 Å². The fraction of sp³-hybridized carbons (Fsp3) is 0.440. The van der Waals surface area contributed by atoms with Crippen LogP contribution < -0.4 is 15.0 Å². The van der Waals surface area contributed by atoms with Gasteiger partial charge in [-0.1, -0.05) is 0 Å². The predicted octanol–water partition coefficient (Wildman–Crippen LogP) is 3.96. The Balaban J connectivity index is 1.47. The molecule has 2 aromatic rings. The SMILES string of the molecule is COc1ccc(C(=O)Nc2ccc(N3CCC[C@@H](CN4CCCC4)C3)c(C(=O)O)c2)cc1. The van der Waals surface area contributed by atoms with Gasteiger partial charge in [-0.05, 0) is 87.2 Å². The highest BCUT2D eigenvalue weighted by atomic mass is 16.5. The molecule has 32 heavy (non-hydrogen) atoms. The Morgan fingerprint density at radius 3 is 2.50 bits per heavy atom. The molecule has 2 saturated heterocycles. The van der Waals surface area contributed by atoms with E-state index in [0.717, 1.165) is 31.7 Å². The van der Waals surface area contributed by atoms with Gasteiger partial charge in [0.05, 0.1) is 18.4 Å². The Kier molecular flexibility index (Phi) is 6.95. The monoisotopic (exact) mass is 437 g/mol. The second-order valence-corrected chi connectivity index (χ2v) is 8.68. The van der Waals surface area contributed by atoms with Crippen molar-refractivity contribution in [3.8, 4) is 5.75 Å². The summed E-state index contributed by atoms with van der Waals surface area (Å²) < 4.78 is 5.12. The van der Waals surface area contributed by atoms with E-state index >= 15 is 0 Å². The molecule has 2 heterocycles. The number of piperidine rings is 1. The third kappa shape index (κ3) is 5.22. The molecule has 0 spiro atoms. The summed E-state index contributed by atoms with van der Waals surface area (Å²) in [5, 5.41) is 12.7. The van der Waals surface area contributed by atoms with E-state index in [4.69, 9.17) is 4.74 Å². The number of aromatic carboxylic acids is 1. The number of hydrogen-bond acceptors (Lipinski definition) is 5. The first kappa shape index (κ1) is 22.1. The third-order valence-electron chi connectivity index (χ3n) is 6.41. The molecule has 0 unspecified atom stereocenters. The lowest BCUT2D eigenvalue weighted by Gasteiger charge is -2.36. The average Bonchev–Trinajstić information content (AvgIpc) is 3.32. The molecular weight excluding hydrogens is 406 g/mol. The lowest BCUT2D eigenvalue weighted by molar-refractivity contribution is 0.0697. The summed E-state index contributed by atoms with van der Waals surface area (Å²) >= 11 is 0. The van der Waals surface area contributed by atoms with Crippen molar-refractivity contribution in [3.05, 3.63) is 53.6 Å². The molecule has 2 fully saturated rings. The number of carboxylic acid groups (broad SMARTS) is 1.